The van der Waals surface area contributed by atoms with Crippen LogP contribution in [-0.2, 0) is 30.0 Å². The maximum Gasteiger partial charge on any atom is 0.345 e. The first-order valence-electron chi connectivity index (χ1n) is 7.95. The zero-order chi connectivity index (χ0) is 17.6. The molecule has 0 amide bonds. The zero-order valence-electron chi connectivity index (χ0n) is 13.7. The third-order valence-corrected chi connectivity index (χ3v) is 6.39. The van der Waals surface area contributed by atoms with Gasteiger partial charge in [-0.1, -0.05) is 18.2 Å². The lowest BCUT2D eigenvalue weighted by Crippen LogP contribution is -2.35. The molecule has 0 aliphatic carbocycles. The molecule has 8 nitrogen and oxygen atoms in total. The zero-order valence-corrected chi connectivity index (χ0v) is 14.5. The van der Waals surface area contributed by atoms with Crippen LogP contribution in [0.1, 0.15) is 5.82 Å². The largest absolute Gasteiger partial charge is 0.345 e. The smallest absolute Gasteiger partial charge is 0.278 e. The van der Waals surface area contributed by atoms with Gasteiger partial charge in [0.05, 0.1) is 5.52 Å². The number of sulfonamides is 1. The molecule has 9 heteroatoms. The number of hydrogen-bond acceptors (Lipinski definition) is 5. The average molecular weight is 359 g/mol. The molecule has 25 heavy (non-hydrogen) atoms. The van der Waals surface area contributed by atoms with Gasteiger partial charge in [0.25, 0.3) is 0 Å². The van der Waals surface area contributed by atoms with Crippen molar-refractivity contribution >= 4 is 20.9 Å². The number of rotatable bonds is 2. The van der Waals surface area contributed by atoms with Crippen LogP contribution < -0.4 is 5.69 Å². The Morgan fingerprint density at radius 1 is 1.08 bits per heavy atom. The van der Waals surface area contributed by atoms with Crippen molar-refractivity contribution in [3.63, 3.8) is 0 Å². The van der Waals surface area contributed by atoms with Crippen molar-refractivity contribution in [3.05, 3.63) is 52.8 Å². The summed E-state index contributed by atoms with van der Waals surface area (Å²) >= 11 is 0. The molecule has 0 N–H and O–H groups in total. The number of aromatic nitrogens is 4. The number of fused-ring (bicyclic) bond motifs is 2. The molecule has 1 aliphatic heterocycles. The highest BCUT2D eigenvalue weighted by atomic mass is 32.2. The van der Waals surface area contributed by atoms with Gasteiger partial charge in [0.15, 0.2) is 0 Å². The second kappa shape index (κ2) is 5.78. The van der Waals surface area contributed by atoms with Gasteiger partial charge in [-0.2, -0.15) is 9.40 Å². The van der Waals surface area contributed by atoms with E-state index >= 15 is 0 Å². The molecular weight excluding hydrogens is 342 g/mol. The molecule has 0 fully saturated rings. The van der Waals surface area contributed by atoms with Crippen molar-refractivity contribution in [2.24, 2.45) is 7.05 Å². The fraction of sp³-hybridized carbons (Fsp3) is 0.312. The first-order chi connectivity index (χ1) is 12.0. The number of hydrogen-bond donors (Lipinski definition) is 0. The molecule has 2 aromatic heterocycles. The Hall–Kier alpha value is -2.52. The van der Waals surface area contributed by atoms with Gasteiger partial charge in [0.2, 0.25) is 10.0 Å². The van der Waals surface area contributed by atoms with Gasteiger partial charge in [-0.3, -0.25) is 9.55 Å². The van der Waals surface area contributed by atoms with Crippen molar-refractivity contribution in [2.75, 3.05) is 13.1 Å². The lowest BCUT2D eigenvalue weighted by atomic mass is 10.2. The maximum absolute atomic E-state index is 13.2. The lowest BCUT2D eigenvalue weighted by Gasteiger charge is -2.20. The fourth-order valence-electron chi connectivity index (χ4n) is 3.18. The van der Waals surface area contributed by atoms with Gasteiger partial charge < -0.3 is 0 Å². The van der Waals surface area contributed by atoms with E-state index in [1.54, 1.807) is 31.4 Å². The first-order valence-corrected chi connectivity index (χ1v) is 9.39. The van der Waals surface area contributed by atoms with Crippen LogP contribution in [0.4, 0.5) is 0 Å². The lowest BCUT2D eigenvalue weighted by molar-refractivity contribution is 0.411. The van der Waals surface area contributed by atoms with Crippen LogP contribution in [0, 0.1) is 0 Å². The van der Waals surface area contributed by atoms with Crippen LogP contribution in [0.3, 0.4) is 0 Å². The molecule has 0 saturated carbocycles. The summed E-state index contributed by atoms with van der Waals surface area (Å²) in [4.78, 5) is 16.5. The summed E-state index contributed by atoms with van der Waals surface area (Å²) in [5.41, 5.74) is 0.240. The molecule has 4 rings (SSSR count). The van der Waals surface area contributed by atoms with Crippen molar-refractivity contribution in [1.82, 2.24) is 23.6 Å². The molecule has 3 aromatic rings. The van der Waals surface area contributed by atoms with Crippen molar-refractivity contribution in [1.29, 1.82) is 0 Å². The minimum Gasteiger partial charge on any atom is -0.278 e. The Morgan fingerprint density at radius 2 is 1.88 bits per heavy atom. The van der Waals surface area contributed by atoms with Gasteiger partial charge in [-0.15, -0.1) is 0 Å². The van der Waals surface area contributed by atoms with E-state index in [4.69, 9.17) is 0 Å². The van der Waals surface area contributed by atoms with E-state index in [0.29, 0.717) is 24.3 Å². The monoisotopic (exact) mass is 359 g/mol. The quantitative estimate of drug-likeness (QED) is 0.660. The predicted molar refractivity (Wildman–Crippen MR) is 91.7 cm³/mol. The third kappa shape index (κ3) is 2.56. The second-order valence-electron chi connectivity index (χ2n) is 5.96. The summed E-state index contributed by atoms with van der Waals surface area (Å²) in [6.45, 7) is 0.797. The van der Waals surface area contributed by atoms with E-state index in [-0.39, 0.29) is 23.7 Å². The van der Waals surface area contributed by atoms with Gasteiger partial charge in [0, 0.05) is 44.7 Å². The van der Waals surface area contributed by atoms with Crippen molar-refractivity contribution in [2.45, 2.75) is 17.9 Å². The van der Waals surface area contributed by atoms with E-state index < -0.39 is 10.0 Å². The normalized spacial score (nSPS) is 15.9. The fourth-order valence-corrected chi connectivity index (χ4v) is 4.77. The number of pyridine rings is 1. The highest BCUT2D eigenvalue weighted by molar-refractivity contribution is 7.89. The van der Waals surface area contributed by atoms with Crippen LogP contribution in [0.2, 0.25) is 0 Å². The molecule has 3 heterocycles. The molecule has 0 radical (unpaired) electrons. The topological polar surface area (TPSA) is 90.1 Å². The molecule has 0 atom stereocenters. The molecule has 0 saturated heterocycles. The Kier molecular flexibility index (Phi) is 3.69. The summed E-state index contributed by atoms with van der Waals surface area (Å²) in [5.74, 6) is 0.612. The second-order valence-corrected chi connectivity index (χ2v) is 7.87. The Balaban J connectivity index is 1.73. The summed E-state index contributed by atoms with van der Waals surface area (Å²) in [7, 11) is -2.11. The SMILES string of the molecule is Cn1nc2n(c1=O)CCN(S(=O)(=O)c1cccc3cccnc13)CC2. The van der Waals surface area contributed by atoms with E-state index in [1.165, 1.54) is 13.6 Å². The van der Waals surface area contributed by atoms with Gasteiger partial charge >= 0.3 is 5.69 Å². The minimum atomic E-state index is -3.71. The number of nitrogens with zero attached hydrogens (tertiary/aromatic N) is 5. The van der Waals surface area contributed by atoms with Crippen LogP contribution in [0.25, 0.3) is 10.9 Å². The standard InChI is InChI=1S/C16H17N5O3S/c1-19-16(22)21-11-10-20(9-7-14(21)18-19)25(23,24)13-6-2-4-12-5-3-8-17-15(12)13/h2-6,8H,7,9-11H2,1H3. The molecule has 0 bridgehead atoms. The van der Waals surface area contributed by atoms with Crippen molar-refractivity contribution in [3.8, 4) is 0 Å². The number of benzene rings is 1. The predicted octanol–water partition coefficient (Wildman–Crippen LogP) is 0.377. The molecule has 0 spiro atoms. The molecule has 1 aliphatic rings. The highest BCUT2D eigenvalue weighted by Gasteiger charge is 2.29. The van der Waals surface area contributed by atoms with Gasteiger partial charge in [0.1, 0.15) is 10.7 Å². The molecule has 1 aromatic carbocycles. The minimum absolute atomic E-state index is 0.193. The number of para-hydroxylation sites is 1. The van der Waals surface area contributed by atoms with Gasteiger partial charge in [-0.25, -0.2) is 17.9 Å². The van der Waals surface area contributed by atoms with Crippen LogP contribution in [-0.4, -0.2) is 45.1 Å². The molecule has 130 valence electrons. The summed E-state index contributed by atoms with van der Waals surface area (Å²) in [5, 5.41) is 4.96. The molecule has 0 unspecified atom stereocenters. The van der Waals surface area contributed by atoms with Gasteiger partial charge in [-0.05, 0) is 12.1 Å². The summed E-state index contributed by atoms with van der Waals surface area (Å²) in [6.07, 6.45) is 1.98. The van der Waals surface area contributed by atoms with E-state index in [2.05, 4.69) is 10.1 Å². The first kappa shape index (κ1) is 16.0. The maximum atomic E-state index is 13.2. The van der Waals surface area contributed by atoms with Crippen LogP contribution in [0.5, 0.6) is 0 Å². The highest BCUT2D eigenvalue weighted by Crippen LogP contribution is 2.24. The summed E-state index contributed by atoms with van der Waals surface area (Å²) < 4.78 is 30.5. The Labute approximate surface area is 144 Å². The Bertz CT molecular complexity index is 1110. The summed E-state index contributed by atoms with van der Waals surface area (Å²) in [6, 6.07) is 8.74. The van der Waals surface area contributed by atoms with Crippen LogP contribution in [0.15, 0.2) is 46.2 Å². The Morgan fingerprint density at radius 3 is 2.72 bits per heavy atom. The molecular formula is C16H17N5O3S. The van der Waals surface area contributed by atoms with E-state index in [9.17, 15) is 13.2 Å². The number of aryl methyl sites for hydroxylation is 1. The average Bonchev–Trinajstić information content (AvgIpc) is 2.77. The van der Waals surface area contributed by atoms with Crippen LogP contribution >= 0.6 is 0 Å². The van der Waals surface area contributed by atoms with Crippen molar-refractivity contribution < 1.29 is 8.42 Å². The van der Waals surface area contributed by atoms with E-state index in [1.807, 2.05) is 12.1 Å². The van der Waals surface area contributed by atoms with E-state index in [0.717, 1.165) is 5.39 Å². The third-order valence-electron chi connectivity index (χ3n) is 4.46.